The minimum absolute atomic E-state index is 0.177. The Labute approximate surface area is 192 Å². The third kappa shape index (κ3) is 3.55. The van der Waals surface area contributed by atoms with E-state index in [0.29, 0.717) is 13.1 Å². The van der Waals surface area contributed by atoms with E-state index >= 15 is 0 Å². The number of rotatable bonds is 4. The number of ether oxygens (including phenoxy) is 1. The number of carbonyl (C=O) groups is 1. The highest BCUT2D eigenvalue weighted by Gasteiger charge is 2.36. The maximum atomic E-state index is 12.7. The lowest BCUT2D eigenvalue weighted by atomic mass is 9.94. The maximum Gasteiger partial charge on any atom is 0.365 e. The lowest BCUT2D eigenvalue weighted by Crippen LogP contribution is -3.16. The number of nitrogens with one attached hydrogen (secondary N) is 1. The normalized spacial score (nSPS) is 17.8. The summed E-state index contributed by atoms with van der Waals surface area (Å²) in [5.74, 6) is -0.177. The third-order valence-corrected chi connectivity index (χ3v) is 6.80. The van der Waals surface area contributed by atoms with Crippen molar-refractivity contribution in [3.8, 4) is 5.69 Å². The fourth-order valence-corrected chi connectivity index (χ4v) is 5.17. The Bertz CT molecular complexity index is 1370. The van der Waals surface area contributed by atoms with E-state index in [4.69, 9.17) is 17.0 Å². The molecule has 4 aromatic rings. The van der Waals surface area contributed by atoms with Gasteiger partial charge in [0.2, 0.25) is 0 Å². The minimum atomic E-state index is -0.266. The number of aromatic nitrogens is 2. The number of hydrogen-bond donors (Lipinski definition) is 1. The van der Waals surface area contributed by atoms with E-state index in [1.165, 1.54) is 23.8 Å². The van der Waals surface area contributed by atoms with Crippen molar-refractivity contribution in [2.24, 2.45) is 0 Å². The first-order valence-corrected chi connectivity index (χ1v) is 11.2. The van der Waals surface area contributed by atoms with Gasteiger partial charge in [0.15, 0.2) is 17.5 Å². The van der Waals surface area contributed by atoms with Crippen LogP contribution in [0.2, 0.25) is 0 Å². The van der Waals surface area contributed by atoms with Crippen LogP contribution in [0.4, 0.5) is 0 Å². The van der Waals surface area contributed by atoms with Crippen LogP contribution in [-0.4, -0.2) is 28.3 Å². The molecule has 5 rings (SSSR count). The summed E-state index contributed by atoms with van der Waals surface area (Å²) in [7, 11) is 1.47. The summed E-state index contributed by atoms with van der Waals surface area (Å²) < 4.78 is 10.2. The van der Waals surface area contributed by atoms with Gasteiger partial charge >= 0.3 is 5.97 Å². The third-order valence-electron chi connectivity index (χ3n) is 6.40. The summed E-state index contributed by atoms with van der Waals surface area (Å²) in [4.78, 5) is 13.8. The van der Waals surface area contributed by atoms with Gasteiger partial charge in [-0.3, -0.25) is 9.13 Å². The topological polar surface area (TPSA) is 40.6 Å². The molecule has 1 unspecified atom stereocenters. The lowest BCUT2D eigenvalue weighted by molar-refractivity contribution is -0.954. The molecule has 1 aliphatic heterocycles. The summed E-state index contributed by atoms with van der Waals surface area (Å²) in [5.41, 5.74) is 6.86. The molecule has 2 atom stereocenters. The van der Waals surface area contributed by atoms with Crippen molar-refractivity contribution in [1.29, 1.82) is 0 Å². The van der Waals surface area contributed by atoms with Crippen LogP contribution in [0.5, 0.6) is 0 Å². The zero-order chi connectivity index (χ0) is 22.2. The van der Waals surface area contributed by atoms with Crippen LogP contribution in [0.1, 0.15) is 16.7 Å². The van der Waals surface area contributed by atoms with Crippen molar-refractivity contribution in [2.75, 3.05) is 7.11 Å². The van der Waals surface area contributed by atoms with Gasteiger partial charge in [0, 0.05) is 17.7 Å². The van der Waals surface area contributed by atoms with Gasteiger partial charge in [-0.15, -0.1) is 0 Å². The number of hydrogen-bond acceptors (Lipinski definition) is 3. The second-order valence-corrected chi connectivity index (χ2v) is 8.78. The second kappa shape index (κ2) is 8.37. The van der Waals surface area contributed by atoms with E-state index in [9.17, 15) is 4.79 Å². The number of methoxy groups -OCH3 is 1. The fourth-order valence-electron chi connectivity index (χ4n) is 4.80. The molecule has 162 valence electrons. The number of quaternary nitrogens is 1. The van der Waals surface area contributed by atoms with Crippen molar-refractivity contribution >= 4 is 29.2 Å². The van der Waals surface area contributed by atoms with Crippen molar-refractivity contribution < 1.29 is 14.4 Å². The summed E-state index contributed by atoms with van der Waals surface area (Å²) in [6.45, 7) is 3.43. The Morgan fingerprint density at radius 2 is 1.75 bits per heavy atom. The molecule has 0 amide bonds. The molecule has 3 aromatic carbocycles. The number of fused-ring (bicyclic) bond motifs is 2. The lowest BCUT2D eigenvalue weighted by Gasteiger charge is -2.32. The zero-order valence-corrected chi connectivity index (χ0v) is 19.1. The smallest absolute Gasteiger partial charge is 0.365 e. The predicted octanol–water partition coefficient (Wildman–Crippen LogP) is 3.61. The van der Waals surface area contributed by atoms with Crippen LogP contribution < -0.4 is 4.90 Å². The van der Waals surface area contributed by atoms with E-state index in [1.54, 1.807) is 0 Å². The number of carbonyl (C=O) groups excluding carboxylic acids is 1. The Hall–Kier alpha value is -3.22. The van der Waals surface area contributed by atoms with Crippen LogP contribution in [0.3, 0.4) is 0 Å². The number of para-hydroxylation sites is 2. The van der Waals surface area contributed by atoms with E-state index in [1.807, 2.05) is 18.2 Å². The van der Waals surface area contributed by atoms with Crippen LogP contribution in [-0.2, 0) is 29.2 Å². The number of esters is 1. The summed E-state index contributed by atoms with van der Waals surface area (Å²) in [5, 5.41) is 0. The first-order chi connectivity index (χ1) is 15.6. The van der Waals surface area contributed by atoms with E-state index in [2.05, 4.69) is 70.7 Å². The largest absolute Gasteiger partial charge is 0.465 e. The van der Waals surface area contributed by atoms with Crippen molar-refractivity contribution in [1.82, 2.24) is 9.13 Å². The predicted molar refractivity (Wildman–Crippen MR) is 127 cm³/mol. The van der Waals surface area contributed by atoms with E-state index < -0.39 is 0 Å². The molecular formula is C26H26N3O2S+. The highest BCUT2D eigenvalue weighted by atomic mass is 32.1. The van der Waals surface area contributed by atoms with Gasteiger partial charge in [0.05, 0.1) is 18.1 Å². The highest BCUT2D eigenvalue weighted by molar-refractivity contribution is 7.71. The molecule has 0 spiro atoms. The van der Waals surface area contributed by atoms with E-state index in [-0.39, 0.29) is 12.0 Å². The minimum Gasteiger partial charge on any atom is -0.465 e. The van der Waals surface area contributed by atoms with Gasteiger partial charge in [-0.25, -0.2) is 4.79 Å². The molecule has 0 radical (unpaired) electrons. The van der Waals surface area contributed by atoms with Crippen LogP contribution in [0.15, 0.2) is 72.8 Å². The maximum absolute atomic E-state index is 12.7. The van der Waals surface area contributed by atoms with Gasteiger partial charge < -0.3 is 9.64 Å². The van der Waals surface area contributed by atoms with Crippen molar-refractivity contribution in [3.63, 3.8) is 0 Å². The first-order valence-electron chi connectivity index (χ1n) is 10.8. The molecule has 1 N–H and O–H groups in total. The molecule has 0 saturated carbocycles. The van der Waals surface area contributed by atoms with Crippen LogP contribution in [0.25, 0.3) is 16.7 Å². The van der Waals surface area contributed by atoms with Crippen LogP contribution in [0, 0.1) is 11.7 Å². The molecule has 0 bridgehead atoms. The van der Waals surface area contributed by atoms with Crippen molar-refractivity contribution in [3.05, 3.63) is 94.3 Å². The molecule has 2 heterocycles. The quantitative estimate of drug-likeness (QED) is 0.386. The zero-order valence-electron chi connectivity index (χ0n) is 18.2. The molecule has 0 fully saturated rings. The number of aryl methyl sites for hydroxylation is 1. The summed E-state index contributed by atoms with van der Waals surface area (Å²) >= 11 is 5.99. The molecule has 32 heavy (non-hydrogen) atoms. The molecular weight excluding hydrogens is 418 g/mol. The average Bonchev–Trinajstić information content (AvgIpc) is 3.09. The molecule has 1 aromatic heterocycles. The van der Waals surface area contributed by atoms with Gasteiger partial charge in [-0.05, 0) is 54.5 Å². The fraction of sp³-hybridized carbons (Fsp3) is 0.231. The standard InChI is InChI=1S/C26H25N3O2S/c1-18-8-7-11-21(14-18)29-23-13-6-5-12-22(23)28(26(29)32)17-27-16-20-10-4-3-9-19(20)15-24(27)25(30)31-2/h3-14,24H,15-17H2,1-2H3/p+1/t24-/m0/s1. The highest BCUT2D eigenvalue weighted by Crippen LogP contribution is 2.23. The Morgan fingerprint density at radius 1 is 1.03 bits per heavy atom. The molecule has 0 saturated heterocycles. The van der Waals surface area contributed by atoms with Gasteiger partial charge in [0.25, 0.3) is 0 Å². The van der Waals surface area contributed by atoms with Crippen LogP contribution >= 0.6 is 12.2 Å². The SMILES string of the molecule is COC(=O)[C@@H]1Cc2ccccc2C[NH+]1Cn1c(=S)n(-c2cccc(C)c2)c2ccccc21. The van der Waals surface area contributed by atoms with Gasteiger partial charge in [0.1, 0.15) is 6.54 Å². The Morgan fingerprint density at radius 3 is 2.50 bits per heavy atom. The Kier molecular flexibility index (Phi) is 5.41. The van der Waals surface area contributed by atoms with Gasteiger partial charge in [-0.2, -0.15) is 0 Å². The monoisotopic (exact) mass is 444 g/mol. The van der Waals surface area contributed by atoms with Crippen molar-refractivity contribution in [2.45, 2.75) is 32.6 Å². The molecule has 5 nitrogen and oxygen atoms in total. The number of benzene rings is 3. The second-order valence-electron chi connectivity index (χ2n) is 8.42. The molecule has 0 aliphatic carbocycles. The molecule has 6 heteroatoms. The average molecular weight is 445 g/mol. The number of imidazole rings is 1. The first kappa shape index (κ1) is 20.7. The van der Waals surface area contributed by atoms with E-state index in [0.717, 1.165) is 32.9 Å². The Balaban J connectivity index is 1.62. The summed E-state index contributed by atoms with van der Waals surface area (Å²) in [6, 6.07) is 24.7. The summed E-state index contributed by atoms with van der Waals surface area (Å²) in [6.07, 6.45) is 0.669. The van der Waals surface area contributed by atoms with Gasteiger partial charge in [-0.1, -0.05) is 48.5 Å². The number of nitrogens with zero attached hydrogens (tertiary/aromatic N) is 2. The molecule has 1 aliphatic rings.